The molecule has 0 bridgehead atoms. The first kappa shape index (κ1) is 11.2. The molecule has 2 nitrogen and oxygen atoms in total. The van der Waals surface area contributed by atoms with E-state index in [4.69, 9.17) is 0 Å². The Morgan fingerprint density at radius 3 is 3.00 bits per heavy atom. The highest BCUT2D eigenvalue weighted by molar-refractivity contribution is 9.09. The van der Waals surface area contributed by atoms with Gasteiger partial charge in [0, 0.05) is 23.8 Å². The van der Waals surface area contributed by atoms with Crippen LogP contribution in [0.5, 0.6) is 0 Å². The molecule has 84 valence electrons. The standard InChI is InChI=1S/C12H19BrN2/c1-12(6-3-10(13)9-12)7-4-11-5-8-14-15(11)2/h5,8,10H,3-4,6-7,9H2,1-2H3. The van der Waals surface area contributed by atoms with Crippen LogP contribution in [0, 0.1) is 5.41 Å². The van der Waals surface area contributed by atoms with Crippen LogP contribution in [0.15, 0.2) is 12.3 Å². The Morgan fingerprint density at radius 1 is 1.67 bits per heavy atom. The van der Waals surface area contributed by atoms with Crippen LogP contribution < -0.4 is 0 Å². The SMILES string of the molecule is Cn1nccc1CCC1(C)CCC(Br)C1. The molecule has 1 aromatic heterocycles. The van der Waals surface area contributed by atoms with Crippen molar-refractivity contribution in [1.82, 2.24) is 9.78 Å². The summed E-state index contributed by atoms with van der Waals surface area (Å²) < 4.78 is 1.99. The van der Waals surface area contributed by atoms with Crippen molar-refractivity contribution < 1.29 is 0 Å². The highest BCUT2D eigenvalue weighted by Crippen LogP contribution is 2.44. The average Bonchev–Trinajstić information content (AvgIpc) is 2.71. The monoisotopic (exact) mass is 270 g/mol. The van der Waals surface area contributed by atoms with Gasteiger partial charge in [-0.25, -0.2) is 0 Å². The number of aromatic nitrogens is 2. The summed E-state index contributed by atoms with van der Waals surface area (Å²) in [6, 6.07) is 2.13. The number of hydrogen-bond donors (Lipinski definition) is 0. The van der Waals surface area contributed by atoms with Crippen LogP contribution >= 0.6 is 15.9 Å². The molecular weight excluding hydrogens is 252 g/mol. The fourth-order valence-electron chi connectivity index (χ4n) is 2.55. The first-order valence-electron chi connectivity index (χ1n) is 5.70. The highest BCUT2D eigenvalue weighted by Gasteiger charge is 2.33. The topological polar surface area (TPSA) is 17.8 Å². The third-order valence-electron chi connectivity index (χ3n) is 3.68. The Labute approximate surface area is 100 Å². The molecule has 1 aliphatic carbocycles. The number of hydrogen-bond acceptors (Lipinski definition) is 1. The number of alkyl halides is 1. The minimum absolute atomic E-state index is 0.540. The van der Waals surface area contributed by atoms with E-state index in [1.54, 1.807) is 0 Å². The summed E-state index contributed by atoms with van der Waals surface area (Å²) in [7, 11) is 2.03. The normalized spacial score (nSPS) is 31.0. The molecule has 1 fully saturated rings. The van der Waals surface area contributed by atoms with Gasteiger partial charge in [0.05, 0.1) is 0 Å². The fourth-order valence-corrected chi connectivity index (χ4v) is 3.56. The van der Waals surface area contributed by atoms with Gasteiger partial charge in [0.15, 0.2) is 0 Å². The summed E-state index contributed by atoms with van der Waals surface area (Å²) in [6.07, 6.45) is 8.36. The lowest BCUT2D eigenvalue weighted by molar-refractivity contribution is 0.307. The predicted molar refractivity (Wildman–Crippen MR) is 66.2 cm³/mol. The second kappa shape index (κ2) is 4.28. The zero-order chi connectivity index (χ0) is 10.9. The zero-order valence-corrected chi connectivity index (χ0v) is 11.1. The molecule has 0 aromatic carbocycles. The van der Waals surface area contributed by atoms with Gasteiger partial charge in [0.1, 0.15) is 0 Å². The molecule has 1 aliphatic rings. The lowest BCUT2D eigenvalue weighted by Gasteiger charge is -2.23. The molecule has 0 saturated heterocycles. The van der Waals surface area contributed by atoms with E-state index in [0.717, 1.165) is 11.2 Å². The molecule has 0 amide bonds. The van der Waals surface area contributed by atoms with Crippen LogP contribution in [0.3, 0.4) is 0 Å². The second-order valence-electron chi connectivity index (χ2n) is 5.10. The molecule has 1 aromatic rings. The molecular formula is C12H19BrN2. The van der Waals surface area contributed by atoms with Gasteiger partial charge in [-0.15, -0.1) is 0 Å². The van der Waals surface area contributed by atoms with Crippen LogP contribution in [-0.4, -0.2) is 14.6 Å². The van der Waals surface area contributed by atoms with E-state index in [-0.39, 0.29) is 0 Å². The molecule has 2 rings (SSSR count). The maximum atomic E-state index is 4.21. The second-order valence-corrected chi connectivity index (χ2v) is 6.39. The molecule has 0 N–H and O–H groups in total. The minimum atomic E-state index is 0.540. The van der Waals surface area contributed by atoms with Gasteiger partial charge in [-0.3, -0.25) is 4.68 Å². The molecule has 1 saturated carbocycles. The molecule has 2 unspecified atom stereocenters. The van der Waals surface area contributed by atoms with Crippen molar-refractivity contribution in [1.29, 1.82) is 0 Å². The summed E-state index contributed by atoms with van der Waals surface area (Å²) in [6.45, 7) is 2.42. The first-order valence-corrected chi connectivity index (χ1v) is 6.62. The Morgan fingerprint density at radius 2 is 2.47 bits per heavy atom. The van der Waals surface area contributed by atoms with E-state index in [0.29, 0.717) is 5.41 Å². The van der Waals surface area contributed by atoms with Crippen molar-refractivity contribution in [2.45, 2.75) is 43.9 Å². The molecule has 0 radical (unpaired) electrons. The molecule has 15 heavy (non-hydrogen) atoms. The van der Waals surface area contributed by atoms with E-state index in [9.17, 15) is 0 Å². The van der Waals surface area contributed by atoms with Gasteiger partial charge in [0.25, 0.3) is 0 Å². The van der Waals surface area contributed by atoms with E-state index < -0.39 is 0 Å². The minimum Gasteiger partial charge on any atom is -0.273 e. The molecule has 0 spiro atoms. The van der Waals surface area contributed by atoms with Gasteiger partial charge in [-0.1, -0.05) is 22.9 Å². The quantitative estimate of drug-likeness (QED) is 0.771. The maximum absolute atomic E-state index is 4.21. The van der Waals surface area contributed by atoms with Crippen molar-refractivity contribution >= 4 is 15.9 Å². The smallest absolute Gasteiger partial charge is 0.0492 e. The fraction of sp³-hybridized carbons (Fsp3) is 0.750. The summed E-state index contributed by atoms with van der Waals surface area (Å²) in [5, 5.41) is 4.21. The van der Waals surface area contributed by atoms with Crippen LogP contribution in [0.25, 0.3) is 0 Å². The number of rotatable bonds is 3. The lowest BCUT2D eigenvalue weighted by Crippen LogP contribution is -2.14. The van der Waals surface area contributed by atoms with Gasteiger partial charge in [0.2, 0.25) is 0 Å². The van der Waals surface area contributed by atoms with Crippen molar-refractivity contribution in [3.63, 3.8) is 0 Å². The van der Waals surface area contributed by atoms with Crippen molar-refractivity contribution in [2.75, 3.05) is 0 Å². The van der Waals surface area contributed by atoms with Gasteiger partial charge in [-0.05, 0) is 43.6 Å². The van der Waals surface area contributed by atoms with Crippen LogP contribution in [0.4, 0.5) is 0 Å². The van der Waals surface area contributed by atoms with Gasteiger partial charge < -0.3 is 0 Å². The van der Waals surface area contributed by atoms with Crippen molar-refractivity contribution in [2.24, 2.45) is 12.5 Å². The van der Waals surface area contributed by atoms with Crippen LogP contribution in [-0.2, 0) is 13.5 Å². The molecule has 0 aliphatic heterocycles. The number of halogens is 1. The zero-order valence-electron chi connectivity index (χ0n) is 9.54. The largest absolute Gasteiger partial charge is 0.273 e. The molecule has 3 heteroatoms. The number of nitrogens with zero attached hydrogens (tertiary/aromatic N) is 2. The Kier molecular flexibility index (Phi) is 3.19. The summed E-state index contributed by atoms with van der Waals surface area (Å²) >= 11 is 3.73. The Hall–Kier alpha value is -0.310. The maximum Gasteiger partial charge on any atom is 0.0492 e. The van der Waals surface area contributed by atoms with Crippen molar-refractivity contribution in [3.8, 4) is 0 Å². The predicted octanol–water partition coefficient (Wildman–Crippen LogP) is 3.31. The number of aryl methyl sites for hydroxylation is 2. The summed E-state index contributed by atoms with van der Waals surface area (Å²) in [4.78, 5) is 0.744. The van der Waals surface area contributed by atoms with E-state index in [1.165, 1.54) is 31.4 Å². The molecule has 1 heterocycles. The summed E-state index contributed by atoms with van der Waals surface area (Å²) in [5.41, 5.74) is 1.90. The van der Waals surface area contributed by atoms with Crippen molar-refractivity contribution in [3.05, 3.63) is 18.0 Å². The van der Waals surface area contributed by atoms with Gasteiger partial charge >= 0.3 is 0 Å². The third kappa shape index (κ3) is 2.63. The Balaban J connectivity index is 1.91. The first-order chi connectivity index (χ1) is 7.09. The highest BCUT2D eigenvalue weighted by atomic mass is 79.9. The Bertz CT molecular complexity index is 334. The molecule has 2 atom stereocenters. The van der Waals surface area contributed by atoms with E-state index in [2.05, 4.69) is 34.0 Å². The van der Waals surface area contributed by atoms with Crippen LogP contribution in [0.2, 0.25) is 0 Å². The average molecular weight is 271 g/mol. The van der Waals surface area contributed by atoms with Gasteiger partial charge in [-0.2, -0.15) is 5.10 Å². The lowest BCUT2D eigenvalue weighted by atomic mass is 9.83. The van der Waals surface area contributed by atoms with Crippen LogP contribution in [0.1, 0.15) is 38.3 Å². The van der Waals surface area contributed by atoms with E-state index >= 15 is 0 Å². The third-order valence-corrected chi connectivity index (χ3v) is 4.46. The summed E-state index contributed by atoms with van der Waals surface area (Å²) in [5.74, 6) is 0. The van der Waals surface area contributed by atoms with E-state index in [1.807, 2.05) is 17.9 Å².